The zero-order chi connectivity index (χ0) is 4.99. The average molecular weight is 105 g/mol. The van der Waals surface area contributed by atoms with E-state index in [2.05, 4.69) is 9.24 Å². The fraction of sp³-hybridized carbons (Fsp3) is 0.500. The van der Waals surface area contributed by atoms with Crippen LogP contribution in [0.4, 0.5) is 4.32 Å². The quantitative estimate of drug-likeness (QED) is 0.354. The van der Waals surface area contributed by atoms with Gasteiger partial charge in [-0.1, -0.05) is 0 Å². The third-order valence-corrected chi connectivity index (χ3v) is 0.847. The van der Waals surface area contributed by atoms with E-state index < -0.39 is 0 Å². The van der Waals surface area contributed by atoms with Gasteiger partial charge in [0.1, 0.15) is 0 Å². The molecule has 1 atom stereocenters. The number of halogens is 1. The molecule has 0 rings (SSSR count). The van der Waals surface area contributed by atoms with Crippen LogP contribution in [0.3, 0.4) is 0 Å². The summed E-state index contributed by atoms with van der Waals surface area (Å²) in [6.07, 6.45) is 0.510. The first-order valence-corrected chi connectivity index (χ1v) is 2.37. The van der Waals surface area contributed by atoms with Crippen molar-refractivity contribution in [1.82, 2.24) is 0 Å². The third kappa shape index (κ3) is 2.34. The Kier molecular flexibility index (Phi) is 3.34. The van der Waals surface area contributed by atoms with Gasteiger partial charge in [-0.2, -0.15) is 0 Å². The van der Waals surface area contributed by atoms with Crippen LogP contribution in [0, 0.1) is 0 Å². The third-order valence-electron chi connectivity index (χ3n) is 0.376. The molecule has 0 fully saturated rings. The van der Waals surface area contributed by atoms with Crippen molar-refractivity contribution in [2.75, 3.05) is 6.16 Å². The van der Waals surface area contributed by atoms with Crippen molar-refractivity contribution >= 4 is 22.0 Å². The summed E-state index contributed by atoms with van der Waals surface area (Å²) < 4.78 is 11.1. The summed E-state index contributed by atoms with van der Waals surface area (Å²) in [4.78, 5) is 0. The molecule has 0 heterocycles. The van der Waals surface area contributed by atoms with Gasteiger partial charge in [0.2, 0.25) is 0 Å². The second-order valence-corrected chi connectivity index (χ2v) is 1.30. The summed E-state index contributed by atoms with van der Waals surface area (Å²) in [7, 11) is 2.70. The van der Waals surface area contributed by atoms with Gasteiger partial charge in [0, 0.05) is 0 Å². The van der Waals surface area contributed by atoms with Crippen molar-refractivity contribution in [3.63, 3.8) is 0 Å². The number of nitrogens with two attached hydrogens (primary N) is 1. The second-order valence-electron chi connectivity index (χ2n) is 0.888. The molecule has 0 aromatic rings. The number of hydrogen-bond acceptors (Lipinski definition) is 1. The van der Waals surface area contributed by atoms with Gasteiger partial charge < -0.3 is 0 Å². The van der Waals surface area contributed by atoms with Crippen LogP contribution < -0.4 is 5.73 Å². The molecule has 0 radical (unpaired) electrons. The molecular weight excluding hydrogens is 98.8 g/mol. The molecule has 0 bridgehead atoms. The Morgan fingerprint density at radius 2 is 2.50 bits per heavy atom. The van der Waals surface area contributed by atoms with Crippen LogP contribution in [-0.2, 0) is 0 Å². The fourth-order valence-corrected chi connectivity index (χ4v) is 0.134. The summed E-state index contributed by atoms with van der Waals surface area (Å²) in [5.41, 5.74) is 5.20. The van der Waals surface area contributed by atoms with Crippen molar-refractivity contribution in [3.8, 4) is 0 Å². The molecule has 0 saturated carbocycles. The predicted molar refractivity (Wildman–Crippen MR) is 30.6 cm³/mol. The van der Waals surface area contributed by atoms with E-state index in [-0.39, 0.29) is 5.59 Å². The second kappa shape index (κ2) is 3.29. The maximum atomic E-state index is 11.1. The van der Waals surface area contributed by atoms with Crippen LogP contribution in [-0.4, -0.2) is 18.9 Å². The molecule has 0 aliphatic rings. The average Bonchev–Trinajstić information content (AvgIpc) is 1.65. The SMILES string of the molecule is N/C(=B\F)CP. The van der Waals surface area contributed by atoms with Crippen LogP contribution >= 0.6 is 9.24 Å². The van der Waals surface area contributed by atoms with Crippen molar-refractivity contribution < 1.29 is 4.32 Å². The van der Waals surface area contributed by atoms with E-state index in [0.717, 1.165) is 0 Å². The Balaban J connectivity index is 3.22. The van der Waals surface area contributed by atoms with E-state index in [1.165, 1.54) is 0 Å². The molecule has 0 spiro atoms. The molecule has 34 valence electrons. The maximum absolute atomic E-state index is 11.1. The van der Waals surface area contributed by atoms with Crippen LogP contribution in [0.25, 0.3) is 0 Å². The zero-order valence-electron chi connectivity index (χ0n) is 3.32. The molecular formula is C2H6BFNP. The van der Waals surface area contributed by atoms with Crippen LogP contribution in [0.15, 0.2) is 0 Å². The summed E-state index contributed by atoms with van der Waals surface area (Å²) >= 11 is 0. The van der Waals surface area contributed by atoms with E-state index >= 15 is 0 Å². The van der Waals surface area contributed by atoms with E-state index in [9.17, 15) is 4.32 Å². The molecule has 0 aromatic carbocycles. The van der Waals surface area contributed by atoms with Crippen LogP contribution in [0.2, 0.25) is 0 Å². The molecule has 2 N–H and O–H groups in total. The van der Waals surface area contributed by atoms with E-state index in [1.54, 1.807) is 0 Å². The summed E-state index contributed by atoms with van der Waals surface area (Å²) in [6.45, 7) is 0. The van der Waals surface area contributed by atoms with Gasteiger partial charge in [-0.05, 0) is 0 Å². The standard InChI is InChI=1S/C2H6BFNP/c4-3-2(5)1-6/h1,5-6H2. The van der Waals surface area contributed by atoms with Crippen LogP contribution in [0.5, 0.6) is 0 Å². The van der Waals surface area contributed by atoms with Gasteiger partial charge in [-0.3, -0.25) is 0 Å². The summed E-state index contributed by atoms with van der Waals surface area (Å²) in [5, 5.41) is 0. The van der Waals surface area contributed by atoms with Gasteiger partial charge in [-0.25, -0.2) is 0 Å². The number of rotatable bonds is 1. The normalized spacial score (nSPS) is 10.7. The summed E-state index contributed by atoms with van der Waals surface area (Å²) in [6, 6.07) is 0. The molecule has 1 nitrogen and oxygen atoms in total. The first-order chi connectivity index (χ1) is 2.81. The fourth-order valence-electron chi connectivity index (χ4n) is 0.0445. The first kappa shape index (κ1) is 6.09. The van der Waals surface area contributed by atoms with Gasteiger partial charge in [-0.15, -0.1) is 0 Å². The Morgan fingerprint density at radius 3 is 2.50 bits per heavy atom. The molecule has 0 aromatic heterocycles. The van der Waals surface area contributed by atoms with E-state index in [1.807, 2.05) is 0 Å². The molecule has 0 amide bonds. The Labute approximate surface area is 39.3 Å². The topological polar surface area (TPSA) is 26.0 Å². The molecule has 0 saturated heterocycles. The van der Waals surface area contributed by atoms with Crippen molar-refractivity contribution in [2.45, 2.75) is 0 Å². The van der Waals surface area contributed by atoms with E-state index in [4.69, 9.17) is 5.73 Å². The Hall–Kier alpha value is 0.0949. The monoisotopic (exact) mass is 105 g/mol. The molecule has 0 aliphatic carbocycles. The van der Waals surface area contributed by atoms with Gasteiger partial charge in [0.25, 0.3) is 0 Å². The molecule has 1 unspecified atom stereocenters. The zero-order valence-corrected chi connectivity index (χ0v) is 4.47. The minimum atomic E-state index is 0.264. The van der Waals surface area contributed by atoms with Crippen molar-refractivity contribution in [1.29, 1.82) is 0 Å². The predicted octanol–water partition coefficient (Wildman–Crippen LogP) is -0.461. The minimum absolute atomic E-state index is 0.264. The first-order valence-electron chi connectivity index (χ1n) is 1.56. The number of hydrogen-bond donors (Lipinski definition) is 1. The molecule has 0 aliphatic heterocycles. The Morgan fingerprint density at radius 1 is 2.00 bits per heavy atom. The van der Waals surface area contributed by atoms with Crippen molar-refractivity contribution in [3.05, 3.63) is 0 Å². The summed E-state index contributed by atoms with van der Waals surface area (Å²) in [5.74, 6) is 0. The van der Waals surface area contributed by atoms with E-state index in [0.29, 0.717) is 13.4 Å². The van der Waals surface area contributed by atoms with Gasteiger partial charge >= 0.3 is 38.2 Å². The van der Waals surface area contributed by atoms with Crippen molar-refractivity contribution in [2.24, 2.45) is 5.73 Å². The molecule has 4 heteroatoms. The van der Waals surface area contributed by atoms with Crippen LogP contribution in [0.1, 0.15) is 0 Å². The van der Waals surface area contributed by atoms with Gasteiger partial charge in [0.05, 0.1) is 0 Å². The Bertz CT molecular complexity index is 64.6. The van der Waals surface area contributed by atoms with Gasteiger partial charge in [0.15, 0.2) is 0 Å². The molecule has 6 heavy (non-hydrogen) atoms.